The number of hydrogen-bond acceptors (Lipinski definition) is 6. The van der Waals surface area contributed by atoms with Gasteiger partial charge in [-0.2, -0.15) is 0 Å². The Bertz CT molecular complexity index is 894. The molecule has 0 heterocycles. The molecule has 2 aromatic rings. The van der Waals surface area contributed by atoms with Gasteiger partial charge in [0.2, 0.25) is 6.41 Å². The molecule has 178 valence electrons. The zero-order valence-corrected chi connectivity index (χ0v) is 19.7. The molecular weight excluding hydrogens is 416 g/mol. The molecule has 0 radical (unpaired) electrons. The number of ether oxygens (including phenoxy) is 2. The second kappa shape index (κ2) is 12.3. The van der Waals surface area contributed by atoms with Crippen LogP contribution in [0.3, 0.4) is 0 Å². The van der Waals surface area contributed by atoms with Crippen molar-refractivity contribution in [3.05, 3.63) is 71.4 Å². The van der Waals surface area contributed by atoms with Crippen molar-refractivity contribution >= 4 is 12.1 Å². The number of carbonyl (C=O) groups excluding carboxylic acids is 1. The molecule has 2 aromatic carbocycles. The number of carbonyl (C=O) groups is 1. The third-order valence-electron chi connectivity index (χ3n) is 6.04. The van der Waals surface area contributed by atoms with Crippen LogP contribution in [0.2, 0.25) is 0 Å². The largest absolute Gasteiger partial charge is 0.490 e. The van der Waals surface area contributed by atoms with Crippen LogP contribution in [0.1, 0.15) is 43.2 Å². The van der Waals surface area contributed by atoms with E-state index >= 15 is 0 Å². The first-order valence-corrected chi connectivity index (χ1v) is 11.5. The molecule has 1 fully saturated rings. The zero-order valence-electron chi connectivity index (χ0n) is 19.7. The topological polar surface area (TPSA) is 94.0 Å². The molecule has 4 N–H and O–H groups in total. The van der Waals surface area contributed by atoms with E-state index in [1.165, 1.54) is 24.3 Å². The first-order chi connectivity index (χ1) is 16.0. The highest BCUT2D eigenvalue weighted by Gasteiger charge is 2.23. The van der Waals surface area contributed by atoms with Crippen LogP contribution in [0, 0.1) is 0 Å². The van der Waals surface area contributed by atoms with Crippen LogP contribution in [0.25, 0.3) is 5.70 Å². The van der Waals surface area contributed by atoms with Crippen molar-refractivity contribution in [2.24, 2.45) is 11.6 Å². The van der Waals surface area contributed by atoms with Crippen molar-refractivity contribution < 1.29 is 14.3 Å². The second-order valence-corrected chi connectivity index (χ2v) is 8.56. The SMILES string of the molecule is COC(CN(C=O)Cc1ccccc1)/C(=C(/N)c1ccc(OC2CCCCC2)cc1)N(C)N. The highest BCUT2D eigenvalue weighted by Crippen LogP contribution is 2.26. The number of likely N-dealkylation sites (N-methyl/N-ethyl adjacent to an activating group) is 1. The van der Waals surface area contributed by atoms with E-state index in [1.807, 2.05) is 54.6 Å². The van der Waals surface area contributed by atoms with Crippen LogP contribution in [-0.4, -0.2) is 49.2 Å². The number of hydrazine groups is 1. The van der Waals surface area contributed by atoms with Crippen LogP contribution in [0.5, 0.6) is 5.75 Å². The van der Waals surface area contributed by atoms with E-state index < -0.39 is 6.10 Å². The first kappa shape index (κ1) is 24.6. The molecule has 7 nitrogen and oxygen atoms in total. The number of amides is 1. The highest BCUT2D eigenvalue weighted by atomic mass is 16.5. The summed E-state index contributed by atoms with van der Waals surface area (Å²) >= 11 is 0. The minimum absolute atomic E-state index is 0.292. The average Bonchev–Trinajstić information content (AvgIpc) is 2.84. The predicted molar refractivity (Wildman–Crippen MR) is 131 cm³/mol. The van der Waals surface area contributed by atoms with Gasteiger partial charge in [0.15, 0.2) is 0 Å². The van der Waals surface area contributed by atoms with Crippen molar-refractivity contribution in [3.63, 3.8) is 0 Å². The van der Waals surface area contributed by atoms with Gasteiger partial charge < -0.3 is 25.1 Å². The van der Waals surface area contributed by atoms with Crippen LogP contribution in [0.4, 0.5) is 0 Å². The molecule has 1 aliphatic carbocycles. The molecule has 0 saturated heterocycles. The number of methoxy groups -OCH3 is 1. The number of benzene rings is 2. The summed E-state index contributed by atoms with van der Waals surface area (Å²) in [5.74, 6) is 7.01. The lowest BCUT2D eigenvalue weighted by atomic mass is 9.98. The van der Waals surface area contributed by atoms with E-state index in [1.54, 1.807) is 19.1 Å². The Morgan fingerprint density at radius 3 is 2.33 bits per heavy atom. The molecule has 0 aliphatic heterocycles. The molecule has 1 saturated carbocycles. The Morgan fingerprint density at radius 2 is 1.76 bits per heavy atom. The maximum Gasteiger partial charge on any atom is 0.210 e. The first-order valence-electron chi connectivity index (χ1n) is 11.5. The Morgan fingerprint density at radius 1 is 1.09 bits per heavy atom. The van der Waals surface area contributed by atoms with Gasteiger partial charge >= 0.3 is 0 Å². The van der Waals surface area contributed by atoms with Crippen LogP contribution in [-0.2, 0) is 16.1 Å². The van der Waals surface area contributed by atoms with E-state index in [0.717, 1.165) is 36.1 Å². The number of hydrogen-bond donors (Lipinski definition) is 2. The lowest BCUT2D eigenvalue weighted by Crippen LogP contribution is -2.41. The van der Waals surface area contributed by atoms with E-state index in [-0.39, 0.29) is 0 Å². The maximum absolute atomic E-state index is 11.8. The van der Waals surface area contributed by atoms with Gasteiger partial charge in [0, 0.05) is 20.7 Å². The third-order valence-corrected chi connectivity index (χ3v) is 6.04. The molecule has 0 bridgehead atoms. The van der Waals surface area contributed by atoms with Crippen LogP contribution >= 0.6 is 0 Å². The van der Waals surface area contributed by atoms with Crippen molar-refractivity contribution in [1.82, 2.24) is 9.91 Å². The average molecular weight is 453 g/mol. The summed E-state index contributed by atoms with van der Waals surface area (Å²) in [7, 11) is 3.31. The van der Waals surface area contributed by atoms with Gasteiger partial charge in [-0.05, 0) is 61.1 Å². The van der Waals surface area contributed by atoms with E-state index in [9.17, 15) is 4.79 Å². The van der Waals surface area contributed by atoms with Crippen LogP contribution in [0.15, 0.2) is 60.3 Å². The van der Waals surface area contributed by atoms with E-state index in [2.05, 4.69) is 0 Å². The third kappa shape index (κ3) is 6.97. The molecule has 33 heavy (non-hydrogen) atoms. The second-order valence-electron chi connectivity index (χ2n) is 8.56. The summed E-state index contributed by atoms with van der Waals surface area (Å²) < 4.78 is 11.9. The minimum atomic E-state index is -0.493. The predicted octanol–water partition coefficient (Wildman–Crippen LogP) is 3.50. The summed E-state index contributed by atoms with van der Waals surface area (Å²) in [5.41, 5.74) is 9.52. The molecule has 0 spiro atoms. The quantitative estimate of drug-likeness (QED) is 0.308. The fraction of sp³-hybridized carbons (Fsp3) is 0.423. The van der Waals surface area contributed by atoms with E-state index in [0.29, 0.717) is 30.6 Å². The van der Waals surface area contributed by atoms with E-state index in [4.69, 9.17) is 21.1 Å². The molecule has 1 atom stereocenters. The van der Waals surface area contributed by atoms with Gasteiger partial charge in [-0.25, -0.2) is 5.84 Å². The van der Waals surface area contributed by atoms with Crippen molar-refractivity contribution in [2.75, 3.05) is 20.7 Å². The van der Waals surface area contributed by atoms with Crippen molar-refractivity contribution in [3.8, 4) is 5.75 Å². The molecule has 0 aromatic heterocycles. The Balaban J connectivity index is 1.76. The fourth-order valence-electron chi connectivity index (χ4n) is 4.28. The number of nitrogens with zero attached hydrogens (tertiary/aromatic N) is 2. The lowest BCUT2D eigenvalue weighted by molar-refractivity contribution is -0.120. The summed E-state index contributed by atoms with van der Waals surface area (Å²) in [6, 6.07) is 17.6. The normalized spacial score (nSPS) is 16.0. The van der Waals surface area contributed by atoms with Crippen molar-refractivity contribution in [2.45, 2.75) is 50.9 Å². The van der Waals surface area contributed by atoms with Crippen LogP contribution < -0.4 is 16.3 Å². The Labute approximate surface area is 196 Å². The Hall–Kier alpha value is -3.03. The summed E-state index contributed by atoms with van der Waals surface area (Å²) in [6.07, 6.45) is 6.59. The molecule has 7 heteroatoms. The minimum Gasteiger partial charge on any atom is -0.490 e. The number of nitrogens with two attached hydrogens (primary N) is 2. The number of rotatable bonds is 11. The van der Waals surface area contributed by atoms with Gasteiger partial charge in [0.1, 0.15) is 11.9 Å². The van der Waals surface area contributed by atoms with Gasteiger partial charge in [-0.1, -0.05) is 36.8 Å². The Kier molecular flexibility index (Phi) is 9.15. The molecule has 1 aliphatic rings. The molecule has 1 unspecified atom stereocenters. The highest BCUT2D eigenvalue weighted by molar-refractivity contribution is 5.67. The lowest BCUT2D eigenvalue weighted by Gasteiger charge is -2.30. The summed E-state index contributed by atoms with van der Waals surface area (Å²) in [4.78, 5) is 13.4. The fourth-order valence-corrected chi connectivity index (χ4v) is 4.28. The molecular formula is C26H36N4O3. The van der Waals surface area contributed by atoms with Gasteiger partial charge in [-0.3, -0.25) is 4.79 Å². The van der Waals surface area contributed by atoms with Gasteiger partial charge in [0.05, 0.1) is 24.0 Å². The molecule has 3 rings (SSSR count). The zero-order chi connectivity index (χ0) is 23.6. The molecule has 1 amide bonds. The van der Waals surface area contributed by atoms with Gasteiger partial charge in [-0.15, -0.1) is 0 Å². The standard InChI is InChI=1S/C26H36N4O3/c1-29(28)26(24(32-2)18-30(19-31)17-20-9-5-3-6-10-20)25(27)21-13-15-23(16-14-21)33-22-11-7-4-8-12-22/h3,5-6,9-10,13-16,19,22,24H,4,7-8,11-12,17-18,27-28H2,1-2H3/b26-25-. The van der Waals surface area contributed by atoms with Crippen molar-refractivity contribution in [1.29, 1.82) is 0 Å². The maximum atomic E-state index is 11.8. The smallest absolute Gasteiger partial charge is 0.210 e. The summed E-state index contributed by atoms with van der Waals surface area (Å²) in [6.45, 7) is 0.786. The summed E-state index contributed by atoms with van der Waals surface area (Å²) in [5, 5.41) is 1.46. The monoisotopic (exact) mass is 452 g/mol. The van der Waals surface area contributed by atoms with Gasteiger partial charge in [0.25, 0.3) is 0 Å².